The fraction of sp³-hybridized carbons (Fsp3) is 0.600. The van der Waals surface area contributed by atoms with E-state index in [1.807, 2.05) is 29.2 Å². The summed E-state index contributed by atoms with van der Waals surface area (Å²) in [5, 5.41) is 6.41. The Morgan fingerprint density at radius 1 is 1.16 bits per heavy atom. The van der Waals surface area contributed by atoms with E-state index in [1.165, 1.54) is 6.42 Å². The first kappa shape index (κ1) is 17.9. The molecule has 0 bridgehead atoms. The van der Waals surface area contributed by atoms with Crippen molar-refractivity contribution >= 4 is 11.8 Å². The van der Waals surface area contributed by atoms with Crippen molar-refractivity contribution in [3.63, 3.8) is 0 Å². The largest absolute Gasteiger partial charge is 0.352 e. The van der Waals surface area contributed by atoms with Crippen LogP contribution in [0, 0.1) is 5.92 Å². The summed E-state index contributed by atoms with van der Waals surface area (Å²) < 4.78 is 0. The zero-order valence-electron chi connectivity index (χ0n) is 15.1. The smallest absolute Gasteiger partial charge is 0.253 e. The summed E-state index contributed by atoms with van der Waals surface area (Å²) in [6.45, 7) is 5.29. The molecule has 2 aliphatic heterocycles. The highest BCUT2D eigenvalue weighted by Gasteiger charge is 2.24. The SMILES string of the molecule is C[C@H]1C[C@@H](C(=O)NCc2ccc(C(=O)N3CCCCC3)cc2)CCN1. The number of likely N-dealkylation sites (tertiary alicyclic amines) is 1. The number of carbonyl (C=O) groups excluding carboxylic acids is 2. The minimum atomic E-state index is 0.108. The molecule has 2 N–H and O–H groups in total. The third kappa shape index (κ3) is 4.82. The summed E-state index contributed by atoms with van der Waals surface area (Å²) >= 11 is 0. The molecule has 0 saturated carbocycles. The van der Waals surface area contributed by atoms with Crippen LogP contribution in [0.1, 0.15) is 54.9 Å². The van der Waals surface area contributed by atoms with Crippen molar-refractivity contribution in [3.8, 4) is 0 Å². The first-order valence-electron chi connectivity index (χ1n) is 9.53. The van der Waals surface area contributed by atoms with Crippen LogP contribution in [0.25, 0.3) is 0 Å². The number of nitrogens with zero attached hydrogens (tertiary/aromatic N) is 1. The Kier molecular flexibility index (Phi) is 6.08. The number of benzene rings is 1. The standard InChI is InChI=1S/C20H29N3O2/c1-15-13-18(9-10-21-15)19(24)22-14-16-5-7-17(8-6-16)20(25)23-11-3-2-4-12-23/h5-8,15,18,21H,2-4,9-14H2,1H3,(H,22,24)/t15-,18-/m0/s1. The molecule has 0 unspecified atom stereocenters. The van der Waals surface area contributed by atoms with Crippen molar-refractivity contribution in [2.24, 2.45) is 5.92 Å². The fourth-order valence-electron chi connectivity index (χ4n) is 3.75. The highest BCUT2D eigenvalue weighted by atomic mass is 16.2. The van der Waals surface area contributed by atoms with Gasteiger partial charge in [0.05, 0.1) is 0 Å². The Morgan fingerprint density at radius 2 is 1.88 bits per heavy atom. The van der Waals surface area contributed by atoms with Gasteiger partial charge in [0, 0.05) is 37.2 Å². The minimum Gasteiger partial charge on any atom is -0.352 e. The van der Waals surface area contributed by atoms with E-state index >= 15 is 0 Å². The van der Waals surface area contributed by atoms with Gasteiger partial charge in [0.25, 0.3) is 5.91 Å². The van der Waals surface area contributed by atoms with Gasteiger partial charge in [0.2, 0.25) is 5.91 Å². The lowest BCUT2D eigenvalue weighted by atomic mass is 9.92. The third-order valence-electron chi connectivity index (χ3n) is 5.31. The van der Waals surface area contributed by atoms with E-state index in [9.17, 15) is 9.59 Å². The lowest BCUT2D eigenvalue weighted by Gasteiger charge is -2.27. The summed E-state index contributed by atoms with van der Waals surface area (Å²) in [5.41, 5.74) is 1.77. The number of rotatable bonds is 4. The van der Waals surface area contributed by atoms with Crippen molar-refractivity contribution in [1.82, 2.24) is 15.5 Å². The van der Waals surface area contributed by atoms with E-state index in [0.717, 1.165) is 56.4 Å². The van der Waals surface area contributed by atoms with E-state index in [1.54, 1.807) is 0 Å². The highest BCUT2D eigenvalue weighted by molar-refractivity contribution is 5.94. The number of piperidine rings is 2. The Balaban J connectivity index is 1.50. The molecule has 2 saturated heterocycles. The van der Waals surface area contributed by atoms with E-state index in [4.69, 9.17) is 0 Å². The molecule has 5 heteroatoms. The predicted octanol–water partition coefficient (Wildman–Crippen LogP) is 2.32. The van der Waals surface area contributed by atoms with Crippen molar-refractivity contribution in [2.75, 3.05) is 19.6 Å². The van der Waals surface area contributed by atoms with Gasteiger partial charge in [-0.3, -0.25) is 9.59 Å². The summed E-state index contributed by atoms with van der Waals surface area (Å²) in [4.78, 5) is 26.7. The molecule has 2 atom stereocenters. The monoisotopic (exact) mass is 343 g/mol. The van der Waals surface area contributed by atoms with Crippen LogP contribution in [-0.4, -0.2) is 42.4 Å². The lowest BCUT2D eigenvalue weighted by molar-refractivity contribution is -0.126. The van der Waals surface area contributed by atoms with Crippen LogP contribution in [0.3, 0.4) is 0 Å². The number of nitrogens with one attached hydrogen (secondary N) is 2. The van der Waals surface area contributed by atoms with Gasteiger partial charge in [-0.15, -0.1) is 0 Å². The van der Waals surface area contributed by atoms with Gasteiger partial charge >= 0.3 is 0 Å². The van der Waals surface area contributed by atoms with E-state index in [-0.39, 0.29) is 17.7 Å². The van der Waals surface area contributed by atoms with Crippen LogP contribution in [0.5, 0.6) is 0 Å². The second-order valence-corrected chi connectivity index (χ2v) is 7.34. The fourth-order valence-corrected chi connectivity index (χ4v) is 3.75. The van der Waals surface area contributed by atoms with Gasteiger partial charge < -0.3 is 15.5 Å². The molecule has 5 nitrogen and oxygen atoms in total. The molecule has 0 spiro atoms. The van der Waals surface area contributed by atoms with Gasteiger partial charge in [-0.25, -0.2) is 0 Å². The number of hydrogen-bond donors (Lipinski definition) is 2. The van der Waals surface area contributed by atoms with Gasteiger partial charge in [-0.05, 0) is 63.3 Å². The predicted molar refractivity (Wildman–Crippen MR) is 98.2 cm³/mol. The maximum Gasteiger partial charge on any atom is 0.253 e. The van der Waals surface area contributed by atoms with Crippen molar-refractivity contribution in [3.05, 3.63) is 35.4 Å². The molecule has 136 valence electrons. The second-order valence-electron chi connectivity index (χ2n) is 7.34. The topological polar surface area (TPSA) is 61.4 Å². The first-order valence-corrected chi connectivity index (χ1v) is 9.53. The Labute approximate surface area is 150 Å². The zero-order chi connectivity index (χ0) is 17.6. The maximum absolute atomic E-state index is 12.5. The zero-order valence-corrected chi connectivity index (χ0v) is 15.1. The van der Waals surface area contributed by atoms with Crippen LogP contribution in [0.2, 0.25) is 0 Å². The summed E-state index contributed by atoms with van der Waals surface area (Å²) in [7, 11) is 0. The molecule has 2 amide bonds. The van der Waals surface area contributed by atoms with Gasteiger partial charge in [0.1, 0.15) is 0 Å². The van der Waals surface area contributed by atoms with Crippen LogP contribution in [-0.2, 0) is 11.3 Å². The van der Waals surface area contributed by atoms with Crippen LogP contribution in [0.4, 0.5) is 0 Å². The average Bonchev–Trinajstić information content (AvgIpc) is 2.66. The van der Waals surface area contributed by atoms with Gasteiger partial charge in [-0.2, -0.15) is 0 Å². The minimum absolute atomic E-state index is 0.108. The Morgan fingerprint density at radius 3 is 2.56 bits per heavy atom. The van der Waals surface area contributed by atoms with Crippen molar-refractivity contribution in [1.29, 1.82) is 0 Å². The average molecular weight is 343 g/mol. The molecule has 2 fully saturated rings. The number of amides is 2. The summed E-state index contributed by atoms with van der Waals surface area (Å²) in [6, 6.07) is 8.06. The molecule has 0 aromatic heterocycles. The molecule has 0 radical (unpaired) electrons. The quantitative estimate of drug-likeness (QED) is 0.882. The van der Waals surface area contributed by atoms with Gasteiger partial charge in [-0.1, -0.05) is 12.1 Å². The normalized spacial score (nSPS) is 24.0. The maximum atomic E-state index is 12.5. The number of carbonyl (C=O) groups is 2. The van der Waals surface area contributed by atoms with E-state index in [0.29, 0.717) is 12.6 Å². The lowest BCUT2D eigenvalue weighted by Crippen LogP contribution is -2.42. The van der Waals surface area contributed by atoms with Crippen molar-refractivity contribution in [2.45, 2.75) is 51.6 Å². The molecule has 25 heavy (non-hydrogen) atoms. The molecular weight excluding hydrogens is 314 g/mol. The second kappa shape index (κ2) is 8.48. The molecule has 0 aliphatic carbocycles. The van der Waals surface area contributed by atoms with Crippen LogP contribution < -0.4 is 10.6 Å². The van der Waals surface area contributed by atoms with Crippen LogP contribution >= 0.6 is 0 Å². The first-order chi connectivity index (χ1) is 12.1. The highest BCUT2D eigenvalue weighted by Crippen LogP contribution is 2.17. The number of hydrogen-bond acceptors (Lipinski definition) is 3. The molecule has 3 rings (SSSR count). The third-order valence-corrected chi connectivity index (χ3v) is 5.31. The molecular formula is C20H29N3O2. The van der Waals surface area contributed by atoms with E-state index in [2.05, 4.69) is 17.6 Å². The van der Waals surface area contributed by atoms with E-state index < -0.39 is 0 Å². The summed E-state index contributed by atoms with van der Waals surface area (Å²) in [6.07, 6.45) is 5.23. The summed E-state index contributed by atoms with van der Waals surface area (Å²) in [5.74, 6) is 0.372. The Hall–Kier alpha value is -1.88. The molecule has 1 aromatic carbocycles. The molecule has 2 heterocycles. The Bertz CT molecular complexity index is 593. The molecule has 2 aliphatic rings. The van der Waals surface area contributed by atoms with Gasteiger partial charge in [0.15, 0.2) is 0 Å². The molecule has 1 aromatic rings. The van der Waals surface area contributed by atoms with Crippen LogP contribution in [0.15, 0.2) is 24.3 Å². The van der Waals surface area contributed by atoms with Crippen molar-refractivity contribution < 1.29 is 9.59 Å².